The number of hydrogen-bond acceptors (Lipinski definition) is 3. The highest BCUT2D eigenvalue weighted by Gasteiger charge is 2.10. The van der Waals surface area contributed by atoms with Crippen molar-refractivity contribution >= 4 is 6.09 Å². The molecule has 0 unspecified atom stereocenters. The summed E-state index contributed by atoms with van der Waals surface area (Å²) in [5.74, 6) is 0. The van der Waals surface area contributed by atoms with Gasteiger partial charge in [-0.05, 0) is 45.9 Å². The molecule has 0 spiro atoms. The number of rotatable bonds is 6. The lowest BCUT2D eigenvalue weighted by Crippen LogP contribution is -2.29. The molecule has 1 aliphatic rings. The van der Waals surface area contributed by atoms with Gasteiger partial charge in [0.1, 0.15) is 0 Å². The quantitative estimate of drug-likeness (QED) is 0.685. The van der Waals surface area contributed by atoms with Gasteiger partial charge in [0.15, 0.2) is 0 Å². The Balaban J connectivity index is 1.96. The van der Waals surface area contributed by atoms with Crippen molar-refractivity contribution in [2.45, 2.75) is 25.7 Å². The molecular weight excluding hydrogens is 218 g/mol. The van der Waals surface area contributed by atoms with E-state index in [1.54, 1.807) is 0 Å². The lowest BCUT2D eigenvalue weighted by molar-refractivity contribution is 0.194. The Bertz CT molecular complexity index is 224. The monoisotopic (exact) mass is 243 g/mol. The Labute approximate surface area is 104 Å². The zero-order valence-corrected chi connectivity index (χ0v) is 10.8. The Morgan fingerprint density at radius 1 is 1.18 bits per heavy atom. The van der Waals surface area contributed by atoms with Crippen molar-refractivity contribution in [1.29, 1.82) is 0 Å². The third kappa shape index (κ3) is 7.18. The van der Waals surface area contributed by atoms with Crippen LogP contribution in [-0.2, 0) is 0 Å². The van der Waals surface area contributed by atoms with Crippen molar-refractivity contribution in [3.63, 3.8) is 0 Å². The van der Waals surface area contributed by atoms with E-state index >= 15 is 0 Å². The summed E-state index contributed by atoms with van der Waals surface area (Å²) in [7, 11) is 2.18. The van der Waals surface area contributed by atoms with Gasteiger partial charge in [-0.3, -0.25) is 0 Å². The van der Waals surface area contributed by atoms with Crippen LogP contribution < -0.4 is 5.32 Å². The first-order chi connectivity index (χ1) is 8.18. The molecule has 0 saturated carbocycles. The molecule has 5 nitrogen and oxygen atoms in total. The minimum atomic E-state index is -0.916. The smallest absolute Gasteiger partial charge is 0.404 e. The van der Waals surface area contributed by atoms with Crippen molar-refractivity contribution in [3.05, 3.63) is 0 Å². The van der Waals surface area contributed by atoms with Gasteiger partial charge in [0.25, 0.3) is 0 Å². The van der Waals surface area contributed by atoms with Crippen molar-refractivity contribution in [1.82, 2.24) is 15.1 Å². The number of likely N-dealkylation sites (N-methyl/N-ethyl adjacent to an activating group) is 1. The van der Waals surface area contributed by atoms with Gasteiger partial charge >= 0.3 is 6.09 Å². The summed E-state index contributed by atoms with van der Waals surface area (Å²) in [5, 5.41) is 10.8. The van der Waals surface area contributed by atoms with Crippen LogP contribution in [0.4, 0.5) is 4.79 Å². The van der Waals surface area contributed by atoms with Crippen LogP contribution in [-0.4, -0.2) is 67.3 Å². The molecule has 1 saturated heterocycles. The summed E-state index contributed by atoms with van der Waals surface area (Å²) in [4.78, 5) is 15.1. The first kappa shape index (κ1) is 14.3. The molecule has 1 heterocycles. The van der Waals surface area contributed by atoms with E-state index in [9.17, 15) is 4.79 Å². The zero-order chi connectivity index (χ0) is 12.5. The van der Waals surface area contributed by atoms with Crippen LogP contribution in [0.5, 0.6) is 0 Å². The Kier molecular flexibility index (Phi) is 6.96. The summed E-state index contributed by atoms with van der Waals surface area (Å²) in [6.07, 6.45) is 3.56. The predicted octanol–water partition coefficient (Wildman–Crippen LogP) is 1.06. The molecule has 5 heteroatoms. The molecule has 17 heavy (non-hydrogen) atoms. The third-order valence-electron chi connectivity index (χ3n) is 3.24. The van der Waals surface area contributed by atoms with Gasteiger partial charge in [-0.15, -0.1) is 0 Å². The maximum absolute atomic E-state index is 10.2. The number of amides is 1. The van der Waals surface area contributed by atoms with Crippen molar-refractivity contribution in [3.8, 4) is 0 Å². The average Bonchev–Trinajstić information content (AvgIpc) is 2.48. The highest BCUT2D eigenvalue weighted by atomic mass is 16.4. The second-order valence-electron chi connectivity index (χ2n) is 4.79. The molecular formula is C12H25N3O2. The van der Waals surface area contributed by atoms with Gasteiger partial charge < -0.3 is 20.2 Å². The number of hydrogen-bond donors (Lipinski definition) is 2. The Hall–Kier alpha value is -0.810. The molecule has 0 aromatic heterocycles. The molecule has 0 radical (unpaired) electrons. The molecule has 0 aliphatic carbocycles. The molecule has 0 atom stereocenters. The fraction of sp³-hybridized carbons (Fsp3) is 0.917. The van der Waals surface area contributed by atoms with Gasteiger partial charge in [0.05, 0.1) is 0 Å². The second-order valence-corrected chi connectivity index (χ2v) is 4.79. The third-order valence-corrected chi connectivity index (χ3v) is 3.24. The summed E-state index contributed by atoms with van der Waals surface area (Å²) in [6.45, 7) is 6.49. The fourth-order valence-corrected chi connectivity index (χ4v) is 2.16. The van der Waals surface area contributed by atoms with Gasteiger partial charge in [-0.25, -0.2) is 4.79 Å². The van der Waals surface area contributed by atoms with Crippen molar-refractivity contribution < 1.29 is 9.90 Å². The van der Waals surface area contributed by atoms with E-state index in [1.165, 1.54) is 39.0 Å². The molecule has 1 rings (SSSR count). The van der Waals surface area contributed by atoms with E-state index < -0.39 is 6.09 Å². The van der Waals surface area contributed by atoms with E-state index in [2.05, 4.69) is 22.2 Å². The van der Waals surface area contributed by atoms with E-state index in [0.717, 1.165) is 19.4 Å². The Morgan fingerprint density at radius 2 is 2.00 bits per heavy atom. The first-order valence-corrected chi connectivity index (χ1v) is 6.56. The van der Waals surface area contributed by atoms with Crippen LogP contribution in [0.25, 0.3) is 0 Å². The highest BCUT2D eigenvalue weighted by molar-refractivity contribution is 5.64. The van der Waals surface area contributed by atoms with Crippen molar-refractivity contribution in [2.75, 3.05) is 46.3 Å². The number of carboxylic acid groups (broad SMARTS) is 1. The summed E-state index contributed by atoms with van der Waals surface area (Å²) in [6, 6.07) is 0. The Morgan fingerprint density at radius 3 is 2.76 bits per heavy atom. The van der Waals surface area contributed by atoms with Gasteiger partial charge in [-0.1, -0.05) is 6.42 Å². The zero-order valence-electron chi connectivity index (χ0n) is 10.8. The summed E-state index contributed by atoms with van der Waals surface area (Å²) >= 11 is 0. The van der Waals surface area contributed by atoms with Crippen LogP contribution in [0.3, 0.4) is 0 Å². The van der Waals surface area contributed by atoms with Crippen LogP contribution >= 0.6 is 0 Å². The minimum absolute atomic E-state index is 0.581. The molecule has 0 aromatic carbocycles. The second kappa shape index (κ2) is 8.31. The normalized spacial score (nSPS) is 18.9. The van der Waals surface area contributed by atoms with Crippen LogP contribution in [0.1, 0.15) is 25.7 Å². The maximum Gasteiger partial charge on any atom is 0.404 e. The molecule has 1 fully saturated rings. The highest BCUT2D eigenvalue weighted by Crippen LogP contribution is 2.04. The van der Waals surface area contributed by atoms with E-state index in [-0.39, 0.29) is 0 Å². The van der Waals surface area contributed by atoms with Gasteiger partial charge in [0.2, 0.25) is 0 Å². The topological polar surface area (TPSA) is 55.8 Å². The molecule has 2 N–H and O–H groups in total. The SMILES string of the molecule is CN1CCCN(CCCCCNC(=O)O)CC1. The van der Waals surface area contributed by atoms with Crippen LogP contribution in [0, 0.1) is 0 Å². The van der Waals surface area contributed by atoms with E-state index in [0.29, 0.717) is 6.54 Å². The standard InChI is InChI=1S/C12H25N3O2/c1-14-7-5-9-15(11-10-14)8-4-2-3-6-13-12(16)17/h13H,2-11H2,1H3,(H,16,17). The van der Waals surface area contributed by atoms with Crippen molar-refractivity contribution in [2.24, 2.45) is 0 Å². The number of nitrogens with zero attached hydrogens (tertiary/aromatic N) is 2. The molecule has 1 amide bonds. The average molecular weight is 243 g/mol. The van der Waals surface area contributed by atoms with Gasteiger partial charge in [0, 0.05) is 19.6 Å². The molecule has 100 valence electrons. The lowest BCUT2D eigenvalue weighted by atomic mass is 10.2. The number of unbranched alkanes of at least 4 members (excludes halogenated alkanes) is 2. The predicted molar refractivity (Wildman–Crippen MR) is 68.4 cm³/mol. The number of nitrogens with one attached hydrogen (secondary N) is 1. The largest absolute Gasteiger partial charge is 0.465 e. The lowest BCUT2D eigenvalue weighted by Gasteiger charge is -2.19. The maximum atomic E-state index is 10.2. The summed E-state index contributed by atoms with van der Waals surface area (Å²) < 4.78 is 0. The fourth-order valence-electron chi connectivity index (χ4n) is 2.16. The minimum Gasteiger partial charge on any atom is -0.465 e. The van der Waals surface area contributed by atoms with Crippen LogP contribution in [0.2, 0.25) is 0 Å². The van der Waals surface area contributed by atoms with E-state index in [1.807, 2.05) is 0 Å². The van der Waals surface area contributed by atoms with Crippen LogP contribution in [0.15, 0.2) is 0 Å². The molecule has 1 aliphatic heterocycles. The van der Waals surface area contributed by atoms with Gasteiger partial charge in [-0.2, -0.15) is 0 Å². The summed E-state index contributed by atoms with van der Waals surface area (Å²) in [5.41, 5.74) is 0. The molecule has 0 bridgehead atoms. The first-order valence-electron chi connectivity index (χ1n) is 6.56. The molecule has 0 aromatic rings. The van der Waals surface area contributed by atoms with E-state index in [4.69, 9.17) is 5.11 Å². The number of carbonyl (C=O) groups is 1.